The first-order valence-electron chi connectivity index (χ1n) is 4.57. The van der Waals surface area contributed by atoms with Crippen LogP contribution in [0, 0.1) is 0 Å². The van der Waals surface area contributed by atoms with Gasteiger partial charge in [-0.15, -0.1) is 0 Å². The first-order chi connectivity index (χ1) is 7.41. The molecule has 0 aliphatic rings. The zero-order valence-corrected chi connectivity index (χ0v) is 9.05. The molecule has 2 atom stereocenters. The Balaban J connectivity index is 2.26. The van der Waals surface area contributed by atoms with Crippen molar-refractivity contribution in [1.82, 2.24) is 5.32 Å². The monoisotopic (exact) mass is 255 g/mol. The van der Waals surface area contributed by atoms with Crippen LogP contribution in [0.3, 0.4) is 0 Å². The lowest BCUT2D eigenvalue weighted by atomic mass is 10.2. The molecule has 7 heteroatoms. The van der Waals surface area contributed by atoms with Crippen molar-refractivity contribution in [3.63, 3.8) is 0 Å². The predicted molar refractivity (Wildman–Crippen MR) is 54.2 cm³/mol. The lowest BCUT2D eigenvalue weighted by Crippen LogP contribution is -2.39. The van der Waals surface area contributed by atoms with E-state index in [4.69, 9.17) is 5.11 Å². The number of hydrogen-bond acceptors (Lipinski definition) is 4. The van der Waals surface area contributed by atoms with Crippen molar-refractivity contribution in [3.05, 3.63) is 22.4 Å². The molecule has 0 saturated carbocycles. The highest BCUT2D eigenvalue weighted by molar-refractivity contribution is 7.07. The van der Waals surface area contributed by atoms with Crippen LogP contribution in [0.25, 0.3) is 0 Å². The van der Waals surface area contributed by atoms with Gasteiger partial charge in [0.05, 0.1) is 6.10 Å². The molecular formula is C9H12F3NO2S. The van der Waals surface area contributed by atoms with E-state index in [1.165, 1.54) is 11.3 Å². The highest BCUT2D eigenvalue weighted by Gasteiger charge is 2.37. The largest absolute Gasteiger partial charge is 0.415 e. The van der Waals surface area contributed by atoms with E-state index in [0.717, 1.165) is 0 Å². The summed E-state index contributed by atoms with van der Waals surface area (Å²) in [6.45, 7) is -0.644. The van der Waals surface area contributed by atoms with Crippen LogP contribution in [0.4, 0.5) is 13.2 Å². The minimum absolute atomic E-state index is 0.0239. The second-order valence-electron chi connectivity index (χ2n) is 3.29. The fraction of sp³-hybridized carbons (Fsp3) is 0.556. The lowest BCUT2D eigenvalue weighted by molar-refractivity contribution is -0.202. The molecule has 1 aromatic heterocycles. The fourth-order valence-corrected chi connectivity index (χ4v) is 1.76. The highest BCUT2D eigenvalue weighted by atomic mass is 32.1. The van der Waals surface area contributed by atoms with Gasteiger partial charge in [-0.25, -0.2) is 0 Å². The Morgan fingerprint density at radius 3 is 2.50 bits per heavy atom. The van der Waals surface area contributed by atoms with Crippen molar-refractivity contribution in [2.24, 2.45) is 0 Å². The van der Waals surface area contributed by atoms with Gasteiger partial charge in [-0.05, 0) is 22.4 Å². The van der Waals surface area contributed by atoms with Crippen molar-refractivity contribution in [3.8, 4) is 0 Å². The van der Waals surface area contributed by atoms with Gasteiger partial charge in [-0.1, -0.05) is 0 Å². The van der Waals surface area contributed by atoms with E-state index in [1.807, 2.05) is 0 Å². The Labute approximate surface area is 94.5 Å². The lowest BCUT2D eigenvalue weighted by Gasteiger charge is -2.16. The summed E-state index contributed by atoms with van der Waals surface area (Å²) in [6, 6.07) is 1.69. The summed E-state index contributed by atoms with van der Waals surface area (Å²) in [5, 5.41) is 24.0. The number of rotatable bonds is 5. The average molecular weight is 255 g/mol. The van der Waals surface area contributed by atoms with Gasteiger partial charge in [0.15, 0.2) is 6.10 Å². The van der Waals surface area contributed by atoms with Crippen LogP contribution in [-0.4, -0.2) is 35.6 Å². The van der Waals surface area contributed by atoms with Crippen molar-refractivity contribution in [2.45, 2.75) is 18.4 Å². The van der Waals surface area contributed by atoms with Crippen LogP contribution >= 0.6 is 11.3 Å². The number of alkyl halides is 3. The summed E-state index contributed by atoms with van der Waals surface area (Å²) in [4.78, 5) is 0. The van der Waals surface area contributed by atoms with E-state index in [-0.39, 0.29) is 6.54 Å². The quantitative estimate of drug-likeness (QED) is 0.743. The standard InChI is InChI=1S/C9H12F3NO2S/c10-9(11,12)8(15)4-13-3-7(14)6-1-2-16-5-6/h1-2,5,7-8,13-15H,3-4H2. The van der Waals surface area contributed by atoms with Crippen LogP contribution in [-0.2, 0) is 0 Å². The minimum Gasteiger partial charge on any atom is -0.387 e. The van der Waals surface area contributed by atoms with Crippen LogP contribution in [0.5, 0.6) is 0 Å². The summed E-state index contributed by atoms with van der Waals surface area (Å²) >= 11 is 1.39. The third-order valence-corrected chi connectivity index (χ3v) is 2.68. The minimum atomic E-state index is -4.62. The highest BCUT2D eigenvalue weighted by Crippen LogP contribution is 2.19. The third-order valence-electron chi connectivity index (χ3n) is 1.98. The Morgan fingerprint density at radius 1 is 1.31 bits per heavy atom. The molecule has 0 spiro atoms. The summed E-state index contributed by atoms with van der Waals surface area (Å²) in [5.41, 5.74) is 0.652. The molecule has 16 heavy (non-hydrogen) atoms. The molecule has 3 nitrogen and oxygen atoms in total. The maximum Gasteiger partial charge on any atom is 0.415 e. The predicted octanol–water partition coefficient (Wildman–Crippen LogP) is 1.29. The zero-order valence-electron chi connectivity index (χ0n) is 8.24. The Kier molecular flexibility index (Phi) is 4.72. The number of aliphatic hydroxyl groups is 2. The van der Waals surface area contributed by atoms with Crippen molar-refractivity contribution in [2.75, 3.05) is 13.1 Å². The average Bonchev–Trinajstić information content (AvgIpc) is 2.68. The molecule has 0 radical (unpaired) electrons. The van der Waals surface area contributed by atoms with Gasteiger partial charge in [0.25, 0.3) is 0 Å². The maximum atomic E-state index is 11.9. The number of thiophene rings is 1. The Hall–Kier alpha value is -0.630. The molecule has 1 heterocycles. The molecule has 0 aromatic carbocycles. The van der Waals surface area contributed by atoms with Gasteiger partial charge in [0, 0.05) is 13.1 Å². The normalized spacial score (nSPS) is 16.1. The molecule has 0 fully saturated rings. The molecule has 92 valence electrons. The molecule has 0 aliphatic heterocycles. The summed E-state index contributed by atoms with van der Waals surface area (Å²) < 4.78 is 35.7. The number of aliphatic hydroxyl groups excluding tert-OH is 2. The van der Waals surface area contributed by atoms with E-state index in [0.29, 0.717) is 5.56 Å². The zero-order chi connectivity index (χ0) is 12.2. The van der Waals surface area contributed by atoms with Gasteiger partial charge in [-0.2, -0.15) is 24.5 Å². The first-order valence-corrected chi connectivity index (χ1v) is 5.51. The van der Waals surface area contributed by atoms with E-state index < -0.39 is 24.9 Å². The van der Waals surface area contributed by atoms with Gasteiger partial charge >= 0.3 is 6.18 Å². The Bertz CT molecular complexity index is 302. The van der Waals surface area contributed by atoms with Crippen LogP contribution in [0.2, 0.25) is 0 Å². The van der Waals surface area contributed by atoms with Crippen LogP contribution < -0.4 is 5.32 Å². The van der Waals surface area contributed by atoms with Crippen LogP contribution in [0.1, 0.15) is 11.7 Å². The molecular weight excluding hydrogens is 243 g/mol. The van der Waals surface area contributed by atoms with Crippen molar-refractivity contribution < 1.29 is 23.4 Å². The second-order valence-corrected chi connectivity index (χ2v) is 4.07. The maximum absolute atomic E-state index is 11.9. The van der Waals surface area contributed by atoms with Crippen molar-refractivity contribution in [1.29, 1.82) is 0 Å². The van der Waals surface area contributed by atoms with E-state index in [1.54, 1.807) is 16.8 Å². The second kappa shape index (κ2) is 5.62. The molecule has 0 amide bonds. The smallest absolute Gasteiger partial charge is 0.387 e. The summed E-state index contributed by atoms with van der Waals surface area (Å²) in [7, 11) is 0. The molecule has 3 N–H and O–H groups in total. The SMILES string of the molecule is OC(CNCC(O)C(F)(F)F)c1ccsc1. The van der Waals surface area contributed by atoms with E-state index in [9.17, 15) is 18.3 Å². The van der Waals surface area contributed by atoms with Gasteiger partial charge < -0.3 is 15.5 Å². The third kappa shape index (κ3) is 4.09. The summed E-state index contributed by atoms with van der Waals surface area (Å²) in [5.74, 6) is 0. The number of nitrogens with one attached hydrogen (secondary N) is 1. The topological polar surface area (TPSA) is 52.5 Å². The molecule has 0 aliphatic carbocycles. The number of hydrogen-bond donors (Lipinski definition) is 3. The van der Waals surface area contributed by atoms with Gasteiger partial charge in [0.1, 0.15) is 0 Å². The fourth-order valence-electron chi connectivity index (χ4n) is 1.05. The Morgan fingerprint density at radius 2 is 2.00 bits per heavy atom. The molecule has 2 unspecified atom stereocenters. The van der Waals surface area contributed by atoms with Crippen LogP contribution in [0.15, 0.2) is 16.8 Å². The van der Waals surface area contributed by atoms with Crippen molar-refractivity contribution >= 4 is 11.3 Å². The van der Waals surface area contributed by atoms with Gasteiger partial charge in [-0.3, -0.25) is 0 Å². The molecule has 1 aromatic rings. The van der Waals surface area contributed by atoms with Gasteiger partial charge in [0.2, 0.25) is 0 Å². The van der Waals surface area contributed by atoms with E-state index in [2.05, 4.69) is 5.32 Å². The summed E-state index contributed by atoms with van der Waals surface area (Å²) in [6.07, 6.45) is -7.88. The van der Waals surface area contributed by atoms with E-state index >= 15 is 0 Å². The molecule has 1 rings (SSSR count). The first kappa shape index (κ1) is 13.4. The number of halogens is 3. The molecule has 0 bridgehead atoms. The molecule has 0 saturated heterocycles.